The van der Waals surface area contributed by atoms with Crippen LogP contribution in [0.15, 0.2) is 12.3 Å². The van der Waals surface area contributed by atoms with Gasteiger partial charge in [-0.2, -0.15) is 5.10 Å². The van der Waals surface area contributed by atoms with E-state index in [1.165, 1.54) is 44.2 Å². The molecule has 1 N–H and O–H groups in total. The third-order valence-electron chi connectivity index (χ3n) is 4.77. The Morgan fingerprint density at radius 1 is 1.25 bits per heavy atom. The fourth-order valence-corrected chi connectivity index (χ4v) is 3.63. The molecule has 3 heteroatoms. The van der Waals surface area contributed by atoms with Gasteiger partial charge in [-0.15, -0.1) is 0 Å². The highest BCUT2D eigenvalue weighted by Crippen LogP contribution is 2.45. The number of hydrogen-bond donors (Lipinski definition) is 1. The van der Waals surface area contributed by atoms with Crippen LogP contribution in [0, 0.1) is 5.41 Å². The molecule has 1 fully saturated rings. The van der Waals surface area contributed by atoms with Crippen LogP contribution in [0.5, 0.6) is 0 Å². The molecule has 114 valence electrons. The number of nitrogens with one attached hydrogen (secondary N) is 1. The van der Waals surface area contributed by atoms with Crippen molar-refractivity contribution < 1.29 is 0 Å². The molecule has 1 aromatic rings. The van der Waals surface area contributed by atoms with Gasteiger partial charge in [-0.25, -0.2) is 0 Å². The SMILES string of the molecule is CCCNC(c1ccnn1CCC)C1(C)CCCCC1. The van der Waals surface area contributed by atoms with Gasteiger partial charge in [0.15, 0.2) is 0 Å². The highest BCUT2D eigenvalue weighted by molar-refractivity contribution is 5.12. The molecule has 2 rings (SSSR count). The van der Waals surface area contributed by atoms with Crippen LogP contribution in [-0.4, -0.2) is 16.3 Å². The smallest absolute Gasteiger partial charge is 0.0559 e. The molecule has 1 heterocycles. The average molecular weight is 277 g/mol. The first-order chi connectivity index (χ1) is 9.71. The molecule has 20 heavy (non-hydrogen) atoms. The van der Waals surface area contributed by atoms with E-state index in [2.05, 4.69) is 41.9 Å². The van der Waals surface area contributed by atoms with Crippen LogP contribution in [0.25, 0.3) is 0 Å². The van der Waals surface area contributed by atoms with E-state index in [1.54, 1.807) is 0 Å². The van der Waals surface area contributed by atoms with Crippen LogP contribution < -0.4 is 5.32 Å². The Balaban J connectivity index is 2.23. The van der Waals surface area contributed by atoms with Crippen LogP contribution in [0.1, 0.15) is 77.5 Å². The highest BCUT2D eigenvalue weighted by Gasteiger charge is 2.37. The van der Waals surface area contributed by atoms with Gasteiger partial charge in [0.2, 0.25) is 0 Å². The Labute approximate surface area is 124 Å². The second-order valence-corrected chi connectivity index (χ2v) is 6.58. The van der Waals surface area contributed by atoms with Crippen molar-refractivity contribution >= 4 is 0 Å². The van der Waals surface area contributed by atoms with Gasteiger partial charge in [-0.1, -0.05) is 40.0 Å². The average Bonchev–Trinajstić information content (AvgIpc) is 2.88. The predicted molar refractivity (Wildman–Crippen MR) is 84.7 cm³/mol. The Kier molecular flexibility index (Phi) is 5.64. The molecule has 0 spiro atoms. The summed E-state index contributed by atoms with van der Waals surface area (Å²) in [6.07, 6.45) is 11.1. The molecule has 1 aliphatic rings. The van der Waals surface area contributed by atoms with Crippen LogP contribution in [0.3, 0.4) is 0 Å². The summed E-state index contributed by atoms with van der Waals surface area (Å²) in [5.41, 5.74) is 1.78. The maximum Gasteiger partial charge on any atom is 0.0559 e. The number of aromatic nitrogens is 2. The van der Waals surface area contributed by atoms with E-state index in [1.807, 2.05) is 6.20 Å². The standard InChI is InChI=1S/C17H31N3/c1-4-12-18-16(17(3)10-7-6-8-11-17)15-9-13-19-20(15)14-5-2/h9,13,16,18H,4-8,10-12,14H2,1-3H3. The molecule has 0 aliphatic heterocycles. The Hall–Kier alpha value is -0.830. The summed E-state index contributed by atoms with van der Waals surface area (Å²) in [6, 6.07) is 2.68. The fourth-order valence-electron chi connectivity index (χ4n) is 3.63. The fraction of sp³-hybridized carbons (Fsp3) is 0.824. The first kappa shape index (κ1) is 15.6. The summed E-state index contributed by atoms with van der Waals surface area (Å²) >= 11 is 0. The van der Waals surface area contributed by atoms with Gasteiger partial charge in [0.1, 0.15) is 0 Å². The molecule has 1 saturated carbocycles. The monoisotopic (exact) mass is 277 g/mol. The van der Waals surface area contributed by atoms with Crippen molar-refractivity contribution in [2.75, 3.05) is 6.54 Å². The molecule has 1 unspecified atom stereocenters. The summed E-state index contributed by atoms with van der Waals surface area (Å²) in [7, 11) is 0. The zero-order valence-corrected chi connectivity index (χ0v) is 13.5. The first-order valence-corrected chi connectivity index (χ1v) is 8.46. The van der Waals surface area contributed by atoms with E-state index in [4.69, 9.17) is 0 Å². The minimum atomic E-state index is 0.388. The van der Waals surface area contributed by atoms with E-state index in [9.17, 15) is 0 Å². The molecule has 0 aromatic carbocycles. The summed E-state index contributed by atoms with van der Waals surface area (Å²) < 4.78 is 2.22. The Bertz CT molecular complexity index is 391. The van der Waals surface area contributed by atoms with Crippen molar-refractivity contribution in [2.45, 2.75) is 78.3 Å². The quantitative estimate of drug-likeness (QED) is 0.805. The van der Waals surface area contributed by atoms with Crippen molar-refractivity contribution in [1.29, 1.82) is 0 Å². The van der Waals surface area contributed by atoms with Crippen LogP contribution in [-0.2, 0) is 6.54 Å². The molecule has 1 aromatic heterocycles. The lowest BCUT2D eigenvalue weighted by atomic mass is 9.69. The largest absolute Gasteiger partial charge is 0.308 e. The third kappa shape index (κ3) is 3.43. The van der Waals surface area contributed by atoms with E-state index in [0.29, 0.717) is 11.5 Å². The van der Waals surface area contributed by atoms with Crippen LogP contribution in [0.4, 0.5) is 0 Å². The Morgan fingerprint density at radius 3 is 2.65 bits per heavy atom. The summed E-state index contributed by atoms with van der Waals surface area (Å²) in [5, 5.41) is 8.36. The summed E-state index contributed by atoms with van der Waals surface area (Å²) in [4.78, 5) is 0. The maximum absolute atomic E-state index is 4.54. The summed E-state index contributed by atoms with van der Waals surface area (Å²) in [6.45, 7) is 9.07. The van der Waals surface area contributed by atoms with Gasteiger partial charge in [0, 0.05) is 12.7 Å². The lowest BCUT2D eigenvalue weighted by molar-refractivity contribution is 0.138. The molecule has 1 atom stereocenters. The second-order valence-electron chi connectivity index (χ2n) is 6.58. The predicted octanol–water partition coefficient (Wildman–Crippen LogP) is 4.30. The normalized spacial score (nSPS) is 19.9. The molecular weight excluding hydrogens is 246 g/mol. The summed E-state index contributed by atoms with van der Waals surface area (Å²) in [5.74, 6) is 0. The van der Waals surface area contributed by atoms with Gasteiger partial charge in [0.05, 0.1) is 11.7 Å². The van der Waals surface area contributed by atoms with Crippen LogP contribution >= 0.6 is 0 Å². The molecule has 0 bridgehead atoms. The molecule has 0 radical (unpaired) electrons. The van der Waals surface area contributed by atoms with Gasteiger partial charge < -0.3 is 5.32 Å². The van der Waals surface area contributed by atoms with E-state index < -0.39 is 0 Å². The van der Waals surface area contributed by atoms with Crippen molar-refractivity contribution in [3.8, 4) is 0 Å². The topological polar surface area (TPSA) is 29.9 Å². The van der Waals surface area contributed by atoms with E-state index in [0.717, 1.165) is 19.5 Å². The lowest BCUT2D eigenvalue weighted by Crippen LogP contribution is -2.39. The number of aryl methyl sites for hydroxylation is 1. The van der Waals surface area contributed by atoms with Crippen molar-refractivity contribution in [3.63, 3.8) is 0 Å². The van der Waals surface area contributed by atoms with Gasteiger partial charge in [0.25, 0.3) is 0 Å². The van der Waals surface area contributed by atoms with E-state index >= 15 is 0 Å². The van der Waals surface area contributed by atoms with Gasteiger partial charge in [-0.05, 0) is 43.7 Å². The minimum Gasteiger partial charge on any atom is -0.308 e. The maximum atomic E-state index is 4.54. The molecular formula is C17H31N3. The zero-order valence-electron chi connectivity index (χ0n) is 13.5. The van der Waals surface area contributed by atoms with E-state index in [-0.39, 0.29) is 0 Å². The zero-order chi connectivity index (χ0) is 14.4. The first-order valence-electron chi connectivity index (χ1n) is 8.46. The molecule has 0 amide bonds. The Morgan fingerprint density at radius 2 is 2.00 bits per heavy atom. The number of nitrogens with zero attached hydrogens (tertiary/aromatic N) is 2. The second kappa shape index (κ2) is 7.26. The lowest BCUT2D eigenvalue weighted by Gasteiger charge is -2.41. The van der Waals surface area contributed by atoms with Gasteiger partial charge >= 0.3 is 0 Å². The molecule has 3 nitrogen and oxygen atoms in total. The number of rotatable bonds is 7. The molecule has 1 aliphatic carbocycles. The number of hydrogen-bond acceptors (Lipinski definition) is 2. The highest BCUT2D eigenvalue weighted by atomic mass is 15.3. The van der Waals surface area contributed by atoms with Crippen LogP contribution in [0.2, 0.25) is 0 Å². The third-order valence-corrected chi connectivity index (χ3v) is 4.77. The van der Waals surface area contributed by atoms with Crippen molar-refractivity contribution in [2.24, 2.45) is 5.41 Å². The minimum absolute atomic E-state index is 0.388. The van der Waals surface area contributed by atoms with Crippen molar-refractivity contribution in [1.82, 2.24) is 15.1 Å². The van der Waals surface area contributed by atoms with Crippen molar-refractivity contribution in [3.05, 3.63) is 18.0 Å². The molecule has 0 saturated heterocycles. The van der Waals surface area contributed by atoms with Gasteiger partial charge in [-0.3, -0.25) is 4.68 Å².